The molecule has 1 saturated carbocycles. The number of urea groups is 1. The van der Waals surface area contributed by atoms with E-state index in [4.69, 9.17) is 5.73 Å². The largest absolute Gasteiger partial charge is 0.341 e. The molecule has 2 aliphatic rings. The average Bonchev–Trinajstić information content (AvgIpc) is 2.48. The summed E-state index contributed by atoms with van der Waals surface area (Å²) >= 11 is 0. The second kappa shape index (κ2) is 9.20. The Morgan fingerprint density at radius 1 is 1.00 bits per heavy atom. The van der Waals surface area contributed by atoms with E-state index in [-0.39, 0.29) is 30.4 Å². The number of carbonyl (C=O) groups excluding carboxylic acids is 2. The highest BCUT2D eigenvalue weighted by atomic mass is 35.5. The molecule has 0 aromatic carbocycles. The number of halogens is 1. The number of nitrogens with one attached hydrogen (secondary N) is 2. The maximum absolute atomic E-state index is 12.0. The number of amides is 3. The van der Waals surface area contributed by atoms with Crippen LogP contribution in [0.3, 0.4) is 0 Å². The molecule has 2 rings (SSSR count). The van der Waals surface area contributed by atoms with Crippen molar-refractivity contribution in [1.82, 2.24) is 15.5 Å². The zero-order chi connectivity index (χ0) is 15.2. The van der Waals surface area contributed by atoms with Gasteiger partial charge in [0.15, 0.2) is 0 Å². The van der Waals surface area contributed by atoms with Gasteiger partial charge in [-0.1, -0.05) is 19.3 Å². The topological polar surface area (TPSA) is 87.5 Å². The van der Waals surface area contributed by atoms with E-state index in [0.717, 1.165) is 25.7 Å². The molecule has 2 fully saturated rings. The van der Waals surface area contributed by atoms with Gasteiger partial charge in [0.05, 0.1) is 6.04 Å². The van der Waals surface area contributed by atoms with E-state index in [1.54, 1.807) is 11.8 Å². The number of hydrogen-bond acceptors (Lipinski definition) is 3. The number of carbonyl (C=O) groups is 2. The SMILES string of the molecule is C[C@H](N)C(=O)N1CCC(NC(=O)NC2CCCCC2)CC1.Cl. The Morgan fingerprint density at radius 2 is 1.50 bits per heavy atom. The van der Waals surface area contributed by atoms with Gasteiger partial charge in [0.25, 0.3) is 0 Å². The molecule has 0 unspecified atom stereocenters. The number of nitrogens with two attached hydrogens (primary N) is 1. The Hall–Kier alpha value is -1.01. The predicted octanol–water partition coefficient (Wildman–Crippen LogP) is 1.38. The quantitative estimate of drug-likeness (QED) is 0.729. The highest BCUT2D eigenvalue weighted by Crippen LogP contribution is 2.17. The second-order valence-corrected chi connectivity index (χ2v) is 6.34. The Balaban J connectivity index is 0.00000242. The summed E-state index contributed by atoms with van der Waals surface area (Å²) in [6, 6.07) is -0.00722. The third kappa shape index (κ3) is 5.65. The highest BCUT2D eigenvalue weighted by Gasteiger charge is 2.25. The standard InChI is InChI=1S/C15H28N4O2.ClH/c1-11(16)14(20)19-9-7-13(8-10-19)18-15(21)17-12-5-3-2-4-6-12;/h11-13H,2-10,16H2,1H3,(H2,17,18,21);1H/t11-;/m0./s1. The lowest BCUT2D eigenvalue weighted by atomic mass is 9.96. The van der Waals surface area contributed by atoms with Crippen LogP contribution in [0, 0.1) is 0 Å². The van der Waals surface area contributed by atoms with Gasteiger partial charge in [0, 0.05) is 25.2 Å². The molecular weight excluding hydrogens is 304 g/mol. The third-order valence-corrected chi connectivity index (χ3v) is 4.47. The van der Waals surface area contributed by atoms with Gasteiger partial charge in [-0.3, -0.25) is 4.79 Å². The highest BCUT2D eigenvalue weighted by molar-refractivity contribution is 5.85. The van der Waals surface area contributed by atoms with E-state index in [9.17, 15) is 9.59 Å². The van der Waals surface area contributed by atoms with Crippen LogP contribution < -0.4 is 16.4 Å². The summed E-state index contributed by atoms with van der Waals surface area (Å²) in [5.41, 5.74) is 5.62. The Kier molecular flexibility index (Phi) is 7.96. The van der Waals surface area contributed by atoms with Crippen molar-refractivity contribution in [1.29, 1.82) is 0 Å². The maximum atomic E-state index is 12.0. The van der Waals surface area contributed by atoms with Crippen LogP contribution in [0.1, 0.15) is 51.9 Å². The van der Waals surface area contributed by atoms with Crippen LogP contribution in [-0.4, -0.2) is 48.1 Å². The van der Waals surface area contributed by atoms with E-state index in [1.807, 2.05) is 0 Å². The Bertz CT molecular complexity index is 365. The lowest BCUT2D eigenvalue weighted by molar-refractivity contribution is -0.133. The number of hydrogen-bond donors (Lipinski definition) is 3. The molecule has 1 aliphatic carbocycles. The number of nitrogens with zero attached hydrogens (tertiary/aromatic N) is 1. The summed E-state index contributed by atoms with van der Waals surface area (Å²) in [6.45, 7) is 3.06. The fourth-order valence-electron chi connectivity index (χ4n) is 3.19. The predicted molar refractivity (Wildman–Crippen MR) is 89.0 cm³/mol. The normalized spacial score (nSPS) is 21.6. The molecule has 0 radical (unpaired) electrons. The van der Waals surface area contributed by atoms with E-state index in [2.05, 4.69) is 10.6 Å². The lowest BCUT2D eigenvalue weighted by Gasteiger charge is -2.33. The zero-order valence-electron chi connectivity index (χ0n) is 13.3. The Labute approximate surface area is 139 Å². The monoisotopic (exact) mass is 332 g/mol. The number of rotatable bonds is 3. The van der Waals surface area contributed by atoms with Crippen molar-refractivity contribution in [2.75, 3.05) is 13.1 Å². The van der Waals surface area contributed by atoms with Crippen LogP contribution in [-0.2, 0) is 4.79 Å². The first-order valence-corrected chi connectivity index (χ1v) is 8.17. The van der Waals surface area contributed by atoms with Crippen LogP contribution in [0.15, 0.2) is 0 Å². The van der Waals surface area contributed by atoms with Crippen LogP contribution in [0.5, 0.6) is 0 Å². The molecule has 1 heterocycles. The molecule has 0 aromatic heterocycles. The maximum Gasteiger partial charge on any atom is 0.315 e. The molecule has 3 amide bonds. The van der Waals surface area contributed by atoms with Gasteiger partial charge in [-0.15, -0.1) is 12.4 Å². The first kappa shape index (κ1) is 19.0. The zero-order valence-corrected chi connectivity index (χ0v) is 14.2. The van der Waals surface area contributed by atoms with Crippen LogP contribution in [0.2, 0.25) is 0 Å². The van der Waals surface area contributed by atoms with Gasteiger partial charge in [0.2, 0.25) is 5.91 Å². The van der Waals surface area contributed by atoms with Gasteiger partial charge in [-0.05, 0) is 32.6 Å². The van der Waals surface area contributed by atoms with Crippen LogP contribution >= 0.6 is 12.4 Å². The smallest absolute Gasteiger partial charge is 0.315 e. The van der Waals surface area contributed by atoms with Gasteiger partial charge in [0.1, 0.15) is 0 Å². The summed E-state index contributed by atoms with van der Waals surface area (Å²) < 4.78 is 0. The Morgan fingerprint density at radius 3 is 2.00 bits per heavy atom. The first-order valence-electron chi connectivity index (χ1n) is 8.17. The fraction of sp³-hybridized carbons (Fsp3) is 0.867. The molecule has 128 valence electrons. The minimum absolute atomic E-state index is 0. The van der Waals surface area contributed by atoms with Gasteiger partial charge in [-0.25, -0.2) is 4.79 Å². The molecule has 0 spiro atoms. The van der Waals surface area contributed by atoms with Crippen molar-refractivity contribution in [2.24, 2.45) is 5.73 Å². The molecule has 0 bridgehead atoms. The summed E-state index contributed by atoms with van der Waals surface area (Å²) in [5.74, 6) is 0.0000992. The minimum atomic E-state index is -0.441. The van der Waals surface area contributed by atoms with E-state index >= 15 is 0 Å². The average molecular weight is 333 g/mol. The van der Waals surface area contributed by atoms with Crippen molar-refractivity contribution >= 4 is 24.3 Å². The van der Waals surface area contributed by atoms with Gasteiger partial charge in [-0.2, -0.15) is 0 Å². The summed E-state index contributed by atoms with van der Waals surface area (Å²) in [6.07, 6.45) is 7.49. The molecule has 0 aromatic rings. The number of piperidine rings is 1. The molecular formula is C15H29ClN4O2. The minimum Gasteiger partial charge on any atom is -0.341 e. The second-order valence-electron chi connectivity index (χ2n) is 6.34. The molecule has 1 saturated heterocycles. The van der Waals surface area contributed by atoms with Crippen molar-refractivity contribution in [3.05, 3.63) is 0 Å². The molecule has 4 N–H and O–H groups in total. The van der Waals surface area contributed by atoms with Gasteiger partial charge >= 0.3 is 6.03 Å². The lowest BCUT2D eigenvalue weighted by Crippen LogP contribution is -2.52. The number of likely N-dealkylation sites (tertiary alicyclic amines) is 1. The first-order chi connectivity index (χ1) is 10.1. The summed E-state index contributed by atoms with van der Waals surface area (Å²) in [4.78, 5) is 25.6. The van der Waals surface area contributed by atoms with Crippen LogP contribution in [0.4, 0.5) is 4.79 Å². The van der Waals surface area contributed by atoms with Crippen molar-refractivity contribution in [3.63, 3.8) is 0 Å². The molecule has 1 aliphatic heterocycles. The van der Waals surface area contributed by atoms with E-state index < -0.39 is 6.04 Å². The molecule has 6 nitrogen and oxygen atoms in total. The molecule has 1 atom stereocenters. The van der Waals surface area contributed by atoms with E-state index in [1.165, 1.54) is 19.3 Å². The van der Waals surface area contributed by atoms with Crippen molar-refractivity contribution in [3.8, 4) is 0 Å². The van der Waals surface area contributed by atoms with Crippen LogP contribution in [0.25, 0.3) is 0 Å². The molecule has 22 heavy (non-hydrogen) atoms. The van der Waals surface area contributed by atoms with Gasteiger partial charge < -0.3 is 21.3 Å². The fourth-order valence-corrected chi connectivity index (χ4v) is 3.19. The van der Waals surface area contributed by atoms with Crippen molar-refractivity contribution in [2.45, 2.75) is 70.0 Å². The van der Waals surface area contributed by atoms with E-state index in [0.29, 0.717) is 19.1 Å². The third-order valence-electron chi connectivity index (χ3n) is 4.47. The molecule has 7 heteroatoms. The van der Waals surface area contributed by atoms with Crippen molar-refractivity contribution < 1.29 is 9.59 Å². The summed E-state index contributed by atoms with van der Waals surface area (Å²) in [7, 11) is 0. The summed E-state index contributed by atoms with van der Waals surface area (Å²) in [5, 5.41) is 6.10.